The Morgan fingerprint density at radius 1 is 1.12 bits per heavy atom. The molecule has 9 nitrogen and oxygen atoms in total. The molecule has 0 saturated heterocycles. The zero-order valence-corrected chi connectivity index (χ0v) is 14.3. The normalized spacial score (nSPS) is 9.92. The van der Waals surface area contributed by atoms with E-state index in [1.165, 1.54) is 24.1 Å². The fraction of sp³-hybridized carbons (Fsp3) is 0.235. The van der Waals surface area contributed by atoms with E-state index in [9.17, 15) is 14.4 Å². The van der Waals surface area contributed by atoms with Crippen molar-refractivity contribution >= 4 is 29.5 Å². The highest BCUT2D eigenvalue weighted by molar-refractivity contribution is 5.94. The first-order chi connectivity index (χ1) is 12.5. The fourth-order valence-corrected chi connectivity index (χ4v) is 1.95. The molecule has 2 rings (SSSR count). The predicted molar refractivity (Wildman–Crippen MR) is 92.7 cm³/mol. The predicted octanol–water partition coefficient (Wildman–Crippen LogP) is 0.881. The van der Waals surface area contributed by atoms with Crippen molar-refractivity contribution < 1.29 is 23.9 Å². The monoisotopic (exact) mass is 358 g/mol. The van der Waals surface area contributed by atoms with Gasteiger partial charge in [-0.2, -0.15) is 0 Å². The Labute approximate surface area is 150 Å². The molecule has 1 N–H and O–H groups in total. The number of amides is 1. The number of anilines is 2. The number of esters is 2. The minimum absolute atomic E-state index is 0.0921. The van der Waals surface area contributed by atoms with Gasteiger partial charge in [0.2, 0.25) is 5.95 Å². The zero-order chi connectivity index (χ0) is 18.9. The number of hydrogen-bond acceptors (Lipinski definition) is 8. The summed E-state index contributed by atoms with van der Waals surface area (Å²) >= 11 is 0. The van der Waals surface area contributed by atoms with Gasteiger partial charge in [0.15, 0.2) is 6.61 Å². The fourth-order valence-electron chi connectivity index (χ4n) is 1.95. The van der Waals surface area contributed by atoms with Gasteiger partial charge in [0, 0.05) is 25.1 Å². The molecule has 0 bridgehead atoms. The SMILES string of the molecule is COC(=O)c1ccc(NC(=O)COC(=O)CN(C)c2ncccn2)cc1. The third-order valence-electron chi connectivity index (χ3n) is 3.21. The molecule has 136 valence electrons. The van der Waals surface area contributed by atoms with Crippen LogP contribution in [0.5, 0.6) is 0 Å². The van der Waals surface area contributed by atoms with Gasteiger partial charge < -0.3 is 19.7 Å². The number of benzene rings is 1. The summed E-state index contributed by atoms with van der Waals surface area (Å²) in [6.45, 7) is -0.522. The van der Waals surface area contributed by atoms with Crippen molar-refractivity contribution in [2.24, 2.45) is 0 Å². The standard InChI is InChI=1S/C17H18N4O5/c1-21(17-18-8-3-9-19-17)10-15(23)26-11-14(22)20-13-6-4-12(5-7-13)16(24)25-2/h3-9H,10-11H2,1-2H3,(H,20,22). The lowest BCUT2D eigenvalue weighted by molar-refractivity contribution is -0.145. The minimum Gasteiger partial charge on any atom is -0.465 e. The molecule has 0 fully saturated rings. The van der Waals surface area contributed by atoms with E-state index in [1.54, 1.807) is 37.6 Å². The van der Waals surface area contributed by atoms with Gasteiger partial charge in [-0.05, 0) is 30.3 Å². The average molecular weight is 358 g/mol. The number of carbonyl (C=O) groups is 3. The summed E-state index contributed by atoms with van der Waals surface area (Å²) in [6.07, 6.45) is 3.12. The summed E-state index contributed by atoms with van der Waals surface area (Å²) in [5, 5.41) is 2.56. The molecule has 2 aromatic rings. The van der Waals surface area contributed by atoms with Crippen molar-refractivity contribution in [3.05, 3.63) is 48.3 Å². The molecule has 0 saturated carbocycles. The van der Waals surface area contributed by atoms with Gasteiger partial charge in [-0.3, -0.25) is 9.59 Å². The van der Waals surface area contributed by atoms with Crippen LogP contribution in [-0.4, -0.2) is 55.1 Å². The first kappa shape index (κ1) is 18.8. The van der Waals surface area contributed by atoms with Crippen LogP contribution >= 0.6 is 0 Å². The average Bonchev–Trinajstić information content (AvgIpc) is 2.67. The number of likely N-dealkylation sites (N-methyl/N-ethyl adjacent to an activating group) is 1. The molecule has 0 spiro atoms. The molecule has 9 heteroatoms. The van der Waals surface area contributed by atoms with Crippen LogP contribution in [0.15, 0.2) is 42.7 Å². The maximum atomic E-state index is 11.8. The molecule has 1 aromatic heterocycles. The summed E-state index contributed by atoms with van der Waals surface area (Å²) in [5.74, 6) is -1.18. The lowest BCUT2D eigenvalue weighted by Crippen LogP contribution is -2.30. The Hall–Kier alpha value is -3.49. The first-order valence-electron chi connectivity index (χ1n) is 7.61. The largest absolute Gasteiger partial charge is 0.465 e. The maximum Gasteiger partial charge on any atom is 0.337 e. The highest BCUT2D eigenvalue weighted by Gasteiger charge is 2.13. The number of carbonyl (C=O) groups excluding carboxylic acids is 3. The van der Waals surface area contributed by atoms with Crippen molar-refractivity contribution in [3.8, 4) is 0 Å². The van der Waals surface area contributed by atoms with Gasteiger partial charge in [-0.1, -0.05) is 0 Å². The van der Waals surface area contributed by atoms with E-state index in [-0.39, 0.29) is 6.54 Å². The number of nitrogens with zero attached hydrogens (tertiary/aromatic N) is 3. The van der Waals surface area contributed by atoms with E-state index in [1.807, 2.05) is 0 Å². The van der Waals surface area contributed by atoms with E-state index in [0.717, 1.165) is 0 Å². The number of nitrogens with one attached hydrogen (secondary N) is 1. The molecule has 0 aliphatic rings. The Bertz CT molecular complexity index is 764. The number of ether oxygens (including phenoxy) is 2. The van der Waals surface area contributed by atoms with Crippen molar-refractivity contribution in [1.82, 2.24) is 9.97 Å². The van der Waals surface area contributed by atoms with Crippen LogP contribution in [0, 0.1) is 0 Å². The Morgan fingerprint density at radius 3 is 2.38 bits per heavy atom. The number of rotatable bonds is 7. The lowest BCUT2D eigenvalue weighted by atomic mass is 10.2. The molecule has 0 radical (unpaired) electrons. The second-order valence-electron chi connectivity index (χ2n) is 5.18. The summed E-state index contributed by atoms with van der Waals surface area (Å²) in [6, 6.07) is 7.79. The molecular formula is C17H18N4O5. The molecule has 0 atom stereocenters. The number of aromatic nitrogens is 2. The van der Waals surface area contributed by atoms with Crippen molar-refractivity contribution in [2.75, 3.05) is 37.5 Å². The van der Waals surface area contributed by atoms with E-state index in [0.29, 0.717) is 17.2 Å². The Kier molecular flexibility index (Phi) is 6.60. The van der Waals surface area contributed by atoms with Gasteiger partial charge in [0.05, 0.1) is 12.7 Å². The summed E-state index contributed by atoms with van der Waals surface area (Å²) in [5.41, 5.74) is 0.830. The van der Waals surface area contributed by atoms with E-state index in [2.05, 4.69) is 20.0 Å². The van der Waals surface area contributed by atoms with Gasteiger partial charge in [0.25, 0.3) is 5.91 Å². The maximum absolute atomic E-state index is 11.8. The smallest absolute Gasteiger partial charge is 0.337 e. The highest BCUT2D eigenvalue weighted by atomic mass is 16.5. The van der Waals surface area contributed by atoms with Gasteiger partial charge in [0.1, 0.15) is 6.54 Å². The Balaban J connectivity index is 1.77. The first-order valence-corrected chi connectivity index (χ1v) is 7.61. The molecule has 1 amide bonds. The summed E-state index contributed by atoms with van der Waals surface area (Å²) in [4.78, 5) is 44.5. The van der Waals surface area contributed by atoms with Crippen molar-refractivity contribution in [2.45, 2.75) is 0 Å². The van der Waals surface area contributed by atoms with Crippen LogP contribution in [0.25, 0.3) is 0 Å². The minimum atomic E-state index is -0.587. The van der Waals surface area contributed by atoms with Crippen LogP contribution in [0.4, 0.5) is 11.6 Å². The molecule has 0 aliphatic carbocycles. The van der Waals surface area contributed by atoms with Gasteiger partial charge in [-0.15, -0.1) is 0 Å². The zero-order valence-electron chi connectivity index (χ0n) is 14.3. The quantitative estimate of drug-likeness (QED) is 0.726. The van der Waals surface area contributed by atoms with Crippen molar-refractivity contribution in [3.63, 3.8) is 0 Å². The summed E-state index contributed by atoms with van der Waals surface area (Å²) < 4.78 is 9.51. The molecular weight excluding hydrogens is 340 g/mol. The molecule has 0 unspecified atom stereocenters. The highest BCUT2D eigenvalue weighted by Crippen LogP contribution is 2.10. The van der Waals surface area contributed by atoms with Gasteiger partial charge >= 0.3 is 11.9 Å². The second-order valence-corrected chi connectivity index (χ2v) is 5.18. The Morgan fingerprint density at radius 2 is 1.77 bits per heavy atom. The number of hydrogen-bond donors (Lipinski definition) is 1. The van der Waals surface area contributed by atoms with Crippen LogP contribution < -0.4 is 10.2 Å². The van der Waals surface area contributed by atoms with E-state index >= 15 is 0 Å². The van der Waals surface area contributed by atoms with Gasteiger partial charge in [-0.25, -0.2) is 14.8 Å². The van der Waals surface area contributed by atoms with E-state index in [4.69, 9.17) is 4.74 Å². The van der Waals surface area contributed by atoms with Crippen LogP contribution in [0.3, 0.4) is 0 Å². The third-order valence-corrected chi connectivity index (χ3v) is 3.21. The van der Waals surface area contributed by atoms with Crippen molar-refractivity contribution in [1.29, 1.82) is 0 Å². The second kappa shape index (κ2) is 9.11. The van der Waals surface area contributed by atoms with E-state index < -0.39 is 24.5 Å². The molecule has 0 aliphatic heterocycles. The van der Waals surface area contributed by atoms with Crippen LogP contribution in [0.2, 0.25) is 0 Å². The lowest BCUT2D eigenvalue weighted by Gasteiger charge is -2.15. The van der Waals surface area contributed by atoms with Crippen LogP contribution in [0.1, 0.15) is 10.4 Å². The van der Waals surface area contributed by atoms with Crippen LogP contribution in [-0.2, 0) is 19.1 Å². The summed E-state index contributed by atoms with van der Waals surface area (Å²) in [7, 11) is 2.92. The molecule has 1 heterocycles. The topological polar surface area (TPSA) is 111 Å². The molecule has 1 aromatic carbocycles. The molecule has 26 heavy (non-hydrogen) atoms. The third kappa shape index (κ3) is 5.55. The number of methoxy groups -OCH3 is 1.